The molecular formula is C13H10Br3NO2S. The molecule has 0 radical (unpaired) electrons. The number of anilines is 1. The molecule has 0 bridgehead atoms. The molecule has 2 aromatic rings. The van der Waals surface area contributed by atoms with Crippen LogP contribution in [0.3, 0.4) is 0 Å². The zero-order chi connectivity index (χ0) is 14.7. The average molecular weight is 484 g/mol. The Kier molecular flexibility index (Phi) is 5.65. The second-order valence-electron chi connectivity index (χ2n) is 3.89. The maximum Gasteiger partial charge on any atom is 0.340 e. The van der Waals surface area contributed by atoms with E-state index in [2.05, 4.69) is 53.1 Å². The summed E-state index contributed by atoms with van der Waals surface area (Å²) in [4.78, 5) is 13.0. The first-order valence-electron chi connectivity index (χ1n) is 5.55. The number of thiophene rings is 1. The van der Waals surface area contributed by atoms with Crippen molar-refractivity contribution < 1.29 is 9.53 Å². The van der Waals surface area contributed by atoms with Gasteiger partial charge in [0.1, 0.15) is 0 Å². The smallest absolute Gasteiger partial charge is 0.340 e. The SMILES string of the molecule is COC(=O)c1cc(Br)cc(Br)c1NCc1cc(Br)cs1. The molecule has 1 aromatic heterocycles. The monoisotopic (exact) mass is 481 g/mol. The van der Waals surface area contributed by atoms with Crippen molar-refractivity contribution in [2.75, 3.05) is 12.4 Å². The van der Waals surface area contributed by atoms with Crippen molar-refractivity contribution in [3.8, 4) is 0 Å². The van der Waals surface area contributed by atoms with E-state index in [9.17, 15) is 4.79 Å². The fraction of sp³-hybridized carbons (Fsp3) is 0.154. The highest BCUT2D eigenvalue weighted by Gasteiger charge is 2.16. The predicted octanol–water partition coefficient (Wildman–Crippen LogP) is 5.43. The van der Waals surface area contributed by atoms with Gasteiger partial charge in [0, 0.05) is 30.2 Å². The summed E-state index contributed by atoms with van der Waals surface area (Å²) in [6.07, 6.45) is 0. The maximum atomic E-state index is 11.8. The number of hydrogen-bond donors (Lipinski definition) is 1. The molecule has 0 aliphatic rings. The maximum absolute atomic E-state index is 11.8. The second-order valence-corrected chi connectivity index (χ2v) is 7.57. The molecule has 7 heteroatoms. The molecule has 0 amide bonds. The Hall–Kier alpha value is -0.370. The van der Waals surface area contributed by atoms with Gasteiger partial charge in [0.15, 0.2) is 0 Å². The van der Waals surface area contributed by atoms with E-state index in [0.29, 0.717) is 12.1 Å². The molecule has 1 heterocycles. The quantitative estimate of drug-likeness (QED) is 0.589. The molecule has 0 atom stereocenters. The molecule has 0 saturated carbocycles. The van der Waals surface area contributed by atoms with E-state index in [1.807, 2.05) is 17.5 Å². The number of rotatable bonds is 4. The normalized spacial score (nSPS) is 10.4. The van der Waals surface area contributed by atoms with E-state index in [1.54, 1.807) is 17.4 Å². The lowest BCUT2D eigenvalue weighted by atomic mass is 10.2. The fourth-order valence-electron chi connectivity index (χ4n) is 1.65. The first kappa shape index (κ1) is 16.0. The molecule has 20 heavy (non-hydrogen) atoms. The predicted molar refractivity (Wildman–Crippen MR) is 92.5 cm³/mol. The van der Waals surface area contributed by atoms with E-state index in [4.69, 9.17) is 4.74 Å². The number of hydrogen-bond acceptors (Lipinski definition) is 4. The van der Waals surface area contributed by atoms with E-state index in [-0.39, 0.29) is 5.97 Å². The molecule has 0 unspecified atom stereocenters. The van der Waals surface area contributed by atoms with Crippen molar-refractivity contribution in [1.29, 1.82) is 0 Å². The lowest BCUT2D eigenvalue weighted by Gasteiger charge is -2.13. The third-order valence-electron chi connectivity index (χ3n) is 2.52. The zero-order valence-corrected chi connectivity index (χ0v) is 15.9. The summed E-state index contributed by atoms with van der Waals surface area (Å²) in [5, 5.41) is 5.30. The number of carbonyl (C=O) groups excluding carboxylic acids is 1. The van der Waals surface area contributed by atoms with Crippen molar-refractivity contribution in [2.24, 2.45) is 0 Å². The third kappa shape index (κ3) is 3.84. The number of carbonyl (C=O) groups is 1. The molecular weight excluding hydrogens is 474 g/mol. The Balaban J connectivity index is 2.27. The molecule has 0 fully saturated rings. The highest BCUT2D eigenvalue weighted by Crippen LogP contribution is 2.32. The number of esters is 1. The second kappa shape index (κ2) is 7.06. The summed E-state index contributed by atoms with van der Waals surface area (Å²) in [5.41, 5.74) is 1.22. The van der Waals surface area contributed by atoms with Crippen LogP contribution in [-0.4, -0.2) is 13.1 Å². The van der Waals surface area contributed by atoms with Gasteiger partial charge in [0.2, 0.25) is 0 Å². The number of benzene rings is 1. The van der Waals surface area contributed by atoms with Gasteiger partial charge in [-0.15, -0.1) is 11.3 Å². The molecule has 0 aliphatic carbocycles. The van der Waals surface area contributed by atoms with Gasteiger partial charge < -0.3 is 10.1 Å². The van der Waals surface area contributed by atoms with Crippen LogP contribution in [0.25, 0.3) is 0 Å². The van der Waals surface area contributed by atoms with Gasteiger partial charge in [-0.25, -0.2) is 4.79 Å². The van der Waals surface area contributed by atoms with Gasteiger partial charge >= 0.3 is 5.97 Å². The van der Waals surface area contributed by atoms with Crippen molar-refractivity contribution in [1.82, 2.24) is 0 Å². The summed E-state index contributed by atoms with van der Waals surface area (Å²) >= 11 is 11.9. The molecule has 106 valence electrons. The lowest BCUT2D eigenvalue weighted by molar-refractivity contribution is 0.0601. The number of ether oxygens (including phenoxy) is 1. The first-order valence-corrected chi connectivity index (χ1v) is 8.81. The molecule has 1 aromatic carbocycles. The topological polar surface area (TPSA) is 38.3 Å². The zero-order valence-electron chi connectivity index (χ0n) is 10.4. The Morgan fingerprint density at radius 3 is 2.60 bits per heavy atom. The first-order chi connectivity index (χ1) is 9.51. The van der Waals surface area contributed by atoms with Crippen LogP contribution in [0.2, 0.25) is 0 Å². The van der Waals surface area contributed by atoms with Gasteiger partial charge in [-0.3, -0.25) is 0 Å². The lowest BCUT2D eigenvalue weighted by Crippen LogP contribution is -2.08. The van der Waals surface area contributed by atoms with E-state index >= 15 is 0 Å². The molecule has 0 saturated heterocycles. The van der Waals surface area contributed by atoms with Crippen LogP contribution in [0.4, 0.5) is 5.69 Å². The Bertz CT molecular complexity index is 643. The fourth-order valence-corrected chi connectivity index (χ4v) is 4.40. The van der Waals surface area contributed by atoms with Gasteiger partial charge in [0.05, 0.1) is 18.4 Å². The average Bonchev–Trinajstić information content (AvgIpc) is 2.81. The molecule has 1 N–H and O–H groups in total. The highest BCUT2D eigenvalue weighted by molar-refractivity contribution is 9.11. The summed E-state index contributed by atoms with van der Waals surface area (Å²) in [6.45, 7) is 0.639. The largest absolute Gasteiger partial charge is 0.465 e. The van der Waals surface area contributed by atoms with Crippen molar-refractivity contribution in [2.45, 2.75) is 6.54 Å². The Labute approximate surface area is 146 Å². The van der Waals surface area contributed by atoms with Crippen LogP contribution in [-0.2, 0) is 11.3 Å². The van der Waals surface area contributed by atoms with Crippen LogP contribution in [0.15, 0.2) is 37.0 Å². The van der Waals surface area contributed by atoms with Gasteiger partial charge in [-0.2, -0.15) is 0 Å². The van der Waals surface area contributed by atoms with E-state index < -0.39 is 0 Å². The minimum atomic E-state index is -0.373. The summed E-state index contributed by atoms with van der Waals surface area (Å²) < 4.78 is 7.50. The number of halogens is 3. The van der Waals surface area contributed by atoms with Crippen LogP contribution < -0.4 is 5.32 Å². The van der Waals surface area contributed by atoms with Gasteiger partial charge in [-0.05, 0) is 50.1 Å². The summed E-state index contributed by atoms with van der Waals surface area (Å²) in [6, 6.07) is 5.67. The number of nitrogens with one attached hydrogen (secondary N) is 1. The van der Waals surface area contributed by atoms with Crippen LogP contribution in [0, 0.1) is 0 Å². The Morgan fingerprint density at radius 1 is 1.25 bits per heavy atom. The molecule has 0 spiro atoms. The number of methoxy groups -OCH3 is 1. The van der Waals surface area contributed by atoms with Crippen molar-refractivity contribution in [3.05, 3.63) is 47.4 Å². The molecule has 2 rings (SSSR count). The molecule has 3 nitrogen and oxygen atoms in total. The van der Waals surface area contributed by atoms with E-state index in [0.717, 1.165) is 19.1 Å². The standard InChI is InChI=1S/C13H10Br3NO2S/c1-19-13(18)10-3-7(14)4-11(16)12(10)17-5-9-2-8(15)6-20-9/h2-4,6,17H,5H2,1H3. The Morgan fingerprint density at radius 2 is 2.00 bits per heavy atom. The summed E-state index contributed by atoms with van der Waals surface area (Å²) in [7, 11) is 1.37. The van der Waals surface area contributed by atoms with Gasteiger partial charge in [0.25, 0.3) is 0 Å². The van der Waals surface area contributed by atoms with Crippen molar-refractivity contribution in [3.63, 3.8) is 0 Å². The van der Waals surface area contributed by atoms with Gasteiger partial charge in [-0.1, -0.05) is 15.9 Å². The van der Waals surface area contributed by atoms with Crippen LogP contribution in [0.1, 0.15) is 15.2 Å². The molecule has 0 aliphatic heterocycles. The van der Waals surface area contributed by atoms with Crippen LogP contribution in [0.5, 0.6) is 0 Å². The van der Waals surface area contributed by atoms with Crippen LogP contribution >= 0.6 is 59.1 Å². The van der Waals surface area contributed by atoms with Crippen molar-refractivity contribution >= 4 is 70.8 Å². The minimum absolute atomic E-state index is 0.373. The highest BCUT2D eigenvalue weighted by atomic mass is 79.9. The van der Waals surface area contributed by atoms with E-state index in [1.165, 1.54) is 12.0 Å². The minimum Gasteiger partial charge on any atom is -0.465 e. The summed E-state index contributed by atoms with van der Waals surface area (Å²) in [5.74, 6) is -0.373. The third-order valence-corrected chi connectivity index (χ3v) is 5.30.